The number of rotatable bonds is 2. The van der Waals surface area contributed by atoms with Gasteiger partial charge in [-0.25, -0.2) is 0 Å². The Bertz CT molecular complexity index is 384. The monoisotopic (exact) mass is 175 g/mol. The highest BCUT2D eigenvalue weighted by atomic mass is 15.3. The van der Waals surface area contributed by atoms with Gasteiger partial charge in [0.25, 0.3) is 0 Å². The number of aromatic nitrogens is 3. The second-order valence-corrected chi connectivity index (χ2v) is 3.08. The van der Waals surface area contributed by atoms with Crippen molar-refractivity contribution in [1.29, 1.82) is 0 Å². The molecule has 0 radical (unpaired) electrons. The first kappa shape index (κ1) is 8.10. The third-order valence-electron chi connectivity index (χ3n) is 2.10. The molecule has 3 nitrogen and oxygen atoms in total. The zero-order valence-corrected chi connectivity index (χ0v) is 7.94. The van der Waals surface area contributed by atoms with Gasteiger partial charge in [-0.3, -0.25) is 4.68 Å². The van der Waals surface area contributed by atoms with Crippen molar-refractivity contribution in [3.8, 4) is 5.69 Å². The highest BCUT2D eigenvalue weighted by Crippen LogP contribution is 2.12. The minimum atomic E-state index is 0.967. The molecule has 0 fully saturated rings. The highest BCUT2D eigenvalue weighted by molar-refractivity contribution is 5.35. The van der Waals surface area contributed by atoms with Gasteiger partial charge in [-0.1, -0.05) is 6.92 Å². The van der Waals surface area contributed by atoms with Crippen molar-refractivity contribution < 1.29 is 0 Å². The second-order valence-electron chi connectivity index (χ2n) is 3.08. The highest BCUT2D eigenvalue weighted by Gasteiger charge is 2.05. The Morgan fingerprint density at radius 2 is 2.00 bits per heavy atom. The summed E-state index contributed by atoms with van der Waals surface area (Å²) in [5.41, 5.74) is 2.31. The van der Waals surface area contributed by atoms with Gasteiger partial charge < -0.3 is 4.57 Å². The zero-order chi connectivity index (χ0) is 9.26. The molecule has 0 amide bonds. The molecule has 13 heavy (non-hydrogen) atoms. The number of aryl methyl sites for hydroxylation is 2. The van der Waals surface area contributed by atoms with Gasteiger partial charge in [-0.2, -0.15) is 5.10 Å². The lowest BCUT2D eigenvalue weighted by Crippen LogP contribution is -1.92. The van der Waals surface area contributed by atoms with Crippen molar-refractivity contribution in [3.05, 3.63) is 36.4 Å². The summed E-state index contributed by atoms with van der Waals surface area (Å²) < 4.78 is 3.94. The number of hydrogen-bond acceptors (Lipinski definition) is 1. The quantitative estimate of drug-likeness (QED) is 0.682. The Morgan fingerprint density at radius 3 is 2.62 bits per heavy atom. The molecule has 2 rings (SSSR count). The average Bonchev–Trinajstić information content (AvgIpc) is 2.71. The average molecular weight is 175 g/mol. The topological polar surface area (TPSA) is 22.8 Å². The molecular formula is C10H13N3. The molecule has 2 heterocycles. The van der Waals surface area contributed by atoms with Gasteiger partial charge in [0.05, 0.1) is 11.4 Å². The van der Waals surface area contributed by atoms with Crippen molar-refractivity contribution in [2.75, 3.05) is 0 Å². The van der Waals surface area contributed by atoms with Crippen molar-refractivity contribution in [2.24, 2.45) is 7.05 Å². The summed E-state index contributed by atoms with van der Waals surface area (Å²) in [6.45, 7) is 2.12. The molecule has 68 valence electrons. The maximum Gasteiger partial charge on any atom is 0.0865 e. The van der Waals surface area contributed by atoms with E-state index in [0.717, 1.165) is 12.1 Å². The normalized spacial score (nSPS) is 10.6. The molecule has 0 aliphatic heterocycles. The van der Waals surface area contributed by atoms with Crippen LogP contribution in [0.3, 0.4) is 0 Å². The van der Waals surface area contributed by atoms with E-state index in [2.05, 4.69) is 16.6 Å². The maximum atomic E-state index is 4.38. The summed E-state index contributed by atoms with van der Waals surface area (Å²) >= 11 is 0. The lowest BCUT2D eigenvalue weighted by atomic mass is 10.3. The summed E-state index contributed by atoms with van der Waals surface area (Å²) in [5, 5.41) is 4.38. The van der Waals surface area contributed by atoms with Gasteiger partial charge in [0.15, 0.2) is 0 Å². The van der Waals surface area contributed by atoms with Crippen LogP contribution in [0.1, 0.15) is 12.6 Å². The van der Waals surface area contributed by atoms with Gasteiger partial charge in [0.2, 0.25) is 0 Å². The summed E-state index contributed by atoms with van der Waals surface area (Å²) in [6, 6.07) is 4.04. The third kappa shape index (κ3) is 1.37. The zero-order valence-electron chi connectivity index (χ0n) is 7.94. The first-order valence-electron chi connectivity index (χ1n) is 4.47. The minimum absolute atomic E-state index is 0.967. The SMILES string of the molecule is CCc1nn(C)cc1-n1cccc1. The van der Waals surface area contributed by atoms with E-state index < -0.39 is 0 Å². The van der Waals surface area contributed by atoms with Crippen LogP contribution in [-0.4, -0.2) is 14.3 Å². The number of nitrogens with zero attached hydrogens (tertiary/aromatic N) is 3. The third-order valence-corrected chi connectivity index (χ3v) is 2.10. The molecule has 0 atom stereocenters. The molecular weight excluding hydrogens is 162 g/mol. The summed E-state index contributed by atoms with van der Waals surface area (Å²) in [6.07, 6.45) is 7.08. The Kier molecular flexibility index (Phi) is 1.93. The number of hydrogen-bond donors (Lipinski definition) is 0. The fourth-order valence-electron chi connectivity index (χ4n) is 1.48. The molecule has 0 saturated heterocycles. The largest absolute Gasteiger partial charge is 0.321 e. The van der Waals surface area contributed by atoms with E-state index in [-0.39, 0.29) is 0 Å². The summed E-state index contributed by atoms with van der Waals surface area (Å²) in [4.78, 5) is 0. The molecule has 0 bridgehead atoms. The standard InChI is InChI=1S/C10H13N3/c1-3-9-10(8-12(2)11-9)13-6-4-5-7-13/h4-8H,3H2,1-2H3. The molecule has 0 N–H and O–H groups in total. The fourth-order valence-corrected chi connectivity index (χ4v) is 1.48. The van der Waals surface area contributed by atoms with Crippen LogP contribution in [0.2, 0.25) is 0 Å². The Hall–Kier alpha value is -1.51. The van der Waals surface area contributed by atoms with E-state index in [1.807, 2.05) is 42.5 Å². The van der Waals surface area contributed by atoms with Gasteiger partial charge in [0, 0.05) is 25.6 Å². The molecule has 0 spiro atoms. The van der Waals surface area contributed by atoms with Crippen LogP contribution >= 0.6 is 0 Å². The van der Waals surface area contributed by atoms with Gasteiger partial charge >= 0.3 is 0 Å². The lowest BCUT2D eigenvalue weighted by Gasteiger charge is -1.99. The van der Waals surface area contributed by atoms with E-state index in [4.69, 9.17) is 0 Å². The Balaban J connectivity index is 2.50. The summed E-state index contributed by atoms with van der Waals surface area (Å²) in [7, 11) is 1.95. The van der Waals surface area contributed by atoms with E-state index in [9.17, 15) is 0 Å². The van der Waals surface area contributed by atoms with E-state index in [0.29, 0.717) is 0 Å². The second kappa shape index (κ2) is 3.09. The predicted molar refractivity (Wildman–Crippen MR) is 51.9 cm³/mol. The molecule has 0 aliphatic rings. The van der Waals surface area contributed by atoms with Crippen molar-refractivity contribution in [1.82, 2.24) is 14.3 Å². The molecule has 3 heteroatoms. The summed E-state index contributed by atoms with van der Waals surface area (Å²) in [5.74, 6) is 0. The van der Waals surface area contributed by atoms with Crippen LogP contribution in [0, 0.1) is 0 Å². The molecule has 2 aromatic rings. The molecule has 0 unspecified atom stereocenters. The first-order chi connectivity index (χ1) is 6.31. The fraction of sp³-hybridized carbons (Fsp3) is 0.300. The minimum Gasteiger partial charge on any atom is -0.321 e. The van der Waals surface area contributed by atoms with Crippen LogP contribution in [0.4, 0.5) is 0 Å². The van der Waals surface area contributed by atoms with E-state index >= 15 is 0 Å². The Morgan fingerprint density at radius 1 is 1.31 bits per heavy atom. The smallest absolute Gasteiger partial charge is 0.0865 e. The van der Waals surface area contributed by atoms with Crippen LogP contribution in [0.15, 0.2) is 30.7 Å². The van der Waals surface area contributed by atoms with Crippen molar-refractivity contribution in [3.63, 3.8) is 0 Å². The van der Waals surface area contributed by atoms with E-state index in [1.54, 1.807) is 0 Å². The molecule has 0 aromatic carbocycles. The Labute approximate surface area is 77.6 Å². The molecule has 0 aliphatic carbocycles. The predicted octanol–water partition coefficient (Wildman–Crippen LogP) is 1.77. The molecule has 0 saturated carbocycles. The van der Waals surface area contributed by atoms with E-state index in [1.165, 1.54) is 5.69 Å². The van der Waals surface area contributed by atoms with Crippen LogP contribution < -0.4 is 0 Å². The van der Waals surface area contributed by atoms with Crippen LogP contribution in [0.5, 0.6) is 0 Å². The van der Waals surface area contributed by atoms with Crippen LogP contribution in [0.25, 0.3) is 5.69 Å². The maximum absolute atomic E-state index is 4.38. The van der Waals surface area contributed by atoms with Crippen LogP contribution in [-0.2, 0) is 13.5 Å². The van der Waals surface area contributed by atoms with Crippen molar-refractivity contribution >= 4 is 0 Å². The van der Waals surface area contributed by atoms with Gasteiger partial charge in [0.1, 0.15) is 0 Å². The van der Waals surface area contributed by atoms with Crippen molar-refractivity contribution in [2.45, 2.75) is 13.3 Å². The first-order valence-corrected chi connectivity index (χ1v) is 4.47. The molecule has 2 aromatic heterocycles. The van der Waals surface area contributed by atoms with Gasteiger partial charge in [-0.05, 0) is 18.6 Å². The van der Waals surface area contributed by atoms with Gasteiger partial charge in [-0.15, -0.1) is 0 Å². The lowest BCUT2D eigenvalue weighted by molar-refractivity contribution is 0.746.